The van der Waals surface area contributed by atoms with E-state index in [1.54, 1.807) is 30.3 Å². The predicted molar refractivity (Wildman–Crippen MR) is 98.2 cm³/mol. The predicted octanol–water partition coefficient (Wildman–Crippen LogP) is 5.58. The monoisotopic (exact) mass is 442 g/mol. The fourth-order valence-corrected chi connectivity index (χ4v) is 2.38. The van der Waals surface area contributed by atoms with E-state index >= 15 is 0 Å². The number of unbranched alkanes of at least 4 members (excludes halogenated alkanes) is 1. The number of alkyl halides is 2. The maximum Gasteiger partial charge on any atom is 0.338 e. The van der Waals surface area contributed by atoms with E-state index in [1.165, 1.54) is 18.2 Å². The number of halogens is 3. The number of rotatable bonds is 7. The lowest BCUT2D eigenvalue weighted by Gasteiger charge is -2.11. The quantitative estimate of drug-likeness (QED) is 0.242. The first-order chi connectivity index (χ1) is 11.5. The Hall–Kier alpha value is -1.76. The lowest BCUT2D eigenvalue weighted by Crippen LogP contribution is -2.09. The third-order valence-corrected chi connectivity index (χ3v) is 4.03. The van der Waals surface area contributed by atoms with Crippen LogP contribution in [0.4, 0.5) is 8.78 Å². The van der Waals surface area contributed by atoms with E-state index in [1.807, 2.05) is 12.1 Å². The highest BCUT2D eigenvalue weighted by atomic mass is 127. The average Bonchev–Trinajstić information content (AvgIpc) is 2.59. The third-order valence-electron chi connectivity index (χ3n) is 3.31. The number of ether oxygens (including phenoxy) is 1. The van der Waals surface area contributed by atoms with Gasteiger partial charge in [0.15, 0.2) is 0 Å². The standard InChI is InChI=1S/C19H17F2IO2/c20-19(21,16-7-3-1-4-8-16)13-5-2-6-14-24-18(23)15-9-11-17(22)12-10-15/h1,3-5,7-13H,2,6,14H2/b13-5+. The molecule has 0 spiro atoms. The van der Waals surface area contributed by atoms with E-state index in [-0.39, 0.29) is 12.2 Å². The summed E-state index contributed by atoms with van der Waals surface area (Å²) < 4.78 is 33.9. The number of carbonyl (C=O) groups is 1. The summed E-state index contributed by atoms with van der Waals surface area (Å²) in [6, 6.07) is 14.7. The maximum atomic E-state index is 13.9. The van der Waals surface area contributed by atoms with Gasteiger partial charge >= 0.3 is 5.97 Å². The normalized spacial score (nSPS) is 11.6. The first-order valence-electron chi connectivity index (χ1n) is 7.53. The van der Waals surface area contributed by atoms with E-state index in [4.69, 9.17) is 4.74 Å². The summed E-state index contributed by atoms with van der Waals surface area (Å²) in [6.07, 6.45) is 3.23. The molecule has 0 fully saturated rings. The summed E-state index contributed by atoms with van der Waals surface area (Å²) >= 11 is 2.15. The van der Waals surface area contributed by atoms with Gasteiger partial charge in [-0.15, -0.1) is 0 Å². The van der Waals surface area contributed by atoms with Crippen molar-refractivity contribution in [2.45, 2.75) is 18.8 Å². The molecule has 0 aliphatic heterocycles. The second-order valence-corrected chi connectivity index (χ2v) is 6.42. The van der Waals surface area contributed by atoms with Crippen LogP contribution < -0.4 is 0 Å². The molecule has 2 rings (SSSR count). The van der Waals surface area contributed by atoms with Crippen molar-refractivity contribution in [2.24, 2.45) is 0 Å². The molecule has 126 valence electrons. The Morgan fingerprint density at radius 1 is 1.08 bits per heavy atom. The Labute approximate surface area is 153 Å². The first kappa shape index (κ1) is 18.6. The molecule has 0 atom stereocenters. The molecule has 0 heterocycles. The molecule has 2 aromatic carbocycles. The summed E-state index contributed by atoms with van der Waals surface area (Å²) in [5.74, 6) is -3.39. The SMILES string of the molecule is O=C(OCCC/C=C/C(F)(F)c1ccccc1)c1ccc(I)cc1. The molecule has 0 unspecified atom stereocenters. The van der Waals surface area contributed by atoms with E-state index in [9.17, 15) is 13.6 Å². The molecule has 24 heavy (non-hydrogen) atoms. The Morgan fingerprint density at radius 3 is 2.42 bits per heavy atom. The first-order valence-corrected chi connectivity index (χ1v) is 8.60. The van der Waals surface area contributed by atoms with E-state index < -0.39 is 11.9 Å². The van der Waals surface area contributed by atoms with Gasteiger partial charge in [-0.1, -0.05) is 36.4 Å². The molecule has 2 nitrogen and oxygen atoms in total. The van der Waals surface area contributed by atoms with Gasteiger partial charge in [0.1, 0.15) is 0 Å². The fraction of sp³-hybridized carbons (Fsp3) is 0.211. The second kappa shape index (κ2) is 8.92. The highest BCUT2D eigenvalue weighted by molar-refractivity contribution is 14.1. The van der Waals surface area contributed by atoms with E-state index in [0.29, 0.717) is 18.4 Å². The molecule has 5 heteroatoms. The van der Waals surface area contributed by atoms with Crippen LogP contribution in [0.15, 0.2) is 66.7 Å². The van der Waals surface area contributed by atoms with Crippen LogP contribution >= 0.6 is 22.6 Å². The molecule has 0 saturated carbocycles. The molecule has 0 aromatic heterocycles. The minimum Gasteiger partial charge on any atom is -0.462 e. The van der Waals surface area contributed by atoms with E-state index in [0.717, 1.165) is 9.65 Å². The second-order valence-electron chi connectivity index (χ2n) is 5.18. The van der Waals surface area contributed by atoms with Crippen molar-refractivity contribution in [3.05, 3.63) is 81.4 Å². The highest BCUT2D eigenvalue weighted by Crippen LogP contribution is 2.29. The maximum absolute atomic E-state index is 13.9. The summed E-state index contributed by atoms with van der Waals surface area (Å²) in [4.78, 5) is 11.8. The summed E-state index contributed by atoms with van der Waals surface area (Å²) in [5.41, 5.74) is 0.452. The van der Waals surface area contributed by atoms with Crippen LogP contribution in [0.1, 0.15) is 28.8 Å². The number of benzene rings is 2. The van der Waals surface area contributed by atoms with Crippen LogP contribution in [0.5, 0.6) is 0 Å². The van der Waals surface area contributed by atoms with Crippen LogP contribution in [-0.4, -0.2) is 12.6 Å². The molecule has 0 aliphatic rings. The van der Waals surface area contributed by atoms with Crippen molar-refractivity contribution >= 4 is 28.6 Å². The zero-order valence-corrected chi connectivity index (χ0v) is 15.1. The number of esters is 1. The number of allylic oxidation sites excluding steroid dienone is 2. The molecule has 0 radical (unpaired) electrons. The van der Waals surface area contributed by atoms with Gasteiger partial charge < -0.3 is 4.74 Å². The van der Waals surface area contributed by atoms with Gasteiger partial charge in [0.2, 0.25) is 0 Å². The average molecular weight is 442 g/mol. The van der Waals surface area contributed by atoms with Crippen molar-refractivity contribution < 1.29 is 18.3 Å². The Kier molecular flexibility index (Phi) is 6.90. The van der Waals surface area contributed by atoms with E-state index in [2.05, 4.69) is 22.6 Å². The van der Waals surface area contributed by atoms with Gasteiger partial charge in [0, 0.05) is 9.13 Å². The smallest absolute Gasteiger partial charge is 0.338 e. The highest BCUT2D eigenvalue weighted by Gasteiger charge is 2.26. The molecular weight excluding hydrogens is 425 g/mol. The molecule has 0 N–H and O–H groups in total. The lowest BCUT2D eigenvalue weighted by atomic mass is 10.1. The molecule has 0 saturated heterocycles. The third kappa shape index (κ3) is 5.70. The van der Waals surface area contributed by atoms with Crippen molar-refractivity contribution in [3.63, 3.8) is 0 Å². The summed E-state index contributed by atoms with van der Waals surface area (Å²) in [7, 11) is 0. The van der Waals surface area contributed by atoms with Crippen LogP contribution in [0.3, 0.4) is 0 Å². The van der Waals surface area contributed by atoms with Gasteiger partial charge in [-0.3, -0.25) is 0 Å². The fourth-order valence-electron chi connectivity index (χ4n) is 2.02. The van der Waals surface area contributed by atoms with Gasteiger partial charge in [-0.2, -0.15) is 8.78 Å². The molecule has 0 aliphatic carbocycles. The molecular formula is C19H17F2IO2. The molecule has 0 amide bonds. The Balaban J connectivity index is 1.73. The number of hydrogen-bond donors (Lipinski definition) is 0. The number of hydrogen-bond acceptors (Lipinski definition) is 2. The van der Waals surface area contributed by atoms with Crippen molar-refractivity contribution in [2.75, 3.05) is 6.61 Å². The van der Waals surface area contributed by atoms with Gasteiger partial charge in [-0.25, -0.2) is 4.79 Å². The molecule has 2 aromatic rings. The van der Waals surface area contributed by atoms with Crippen molar-refractivity contribution in [1.29, 1.82) is 0 Å². The Bertz CT molecular complexity index is 682. The van der Waals surface area contributed by atoms with Gasteiger partial charge in [0.05, 0.1) is 12.2 Å². The minimum absolute atomic E-state index is 0.0358. The van der Waals surface area contributed by atoms with Crippen molar-refractivity contribution in [3.8, 4) is 0 Å². The van der Waals surface area contributed by atoms with Crippen LogP contribution in [0.25, 0.3) is 0 Å². The largest absolute Gasteiger partial charge is 0.462 e. The number of carbonyl (C=O) groups excluding carboxylic acids is 1. The van der Waals surface area contributed by atoms with Gasteiger partial charge in [0.25, 0.3) is 5.92 Å². The lowest BCUT2D eigenvalue weighted by molar-refractivity contribution is 0.0487. The summed E-state index contributed by atoms with van der Waals surface area (Å²) in [5, 5.41) is 0. The molecule has 0 bridgehead atoms. The van der Waals surface area contributed by atoms with Crippen LogP contribution in [0, 0.1) is 3.57 Å². The topological polar surface area (TPSA) is 26.3 Å². The zero-order chi connectivity index (χ0) is 17.4. The van der Waals surface area contributed by atoms with Crippen LogP contribution in [0.2, 0.25) is 0 Å². The van der Waals surface area contributed by atoms with Gasteiger partial charge in [-0.05, 0) is 65.8 Å². The minimum atomic E-state index is -2.99. The zero-order valence-electron chi connectivity index (χ0n) is 12.9. The summed E-state index contributed by atoms with van der Waals surface area (Å²) in [6.45, 7) is 0.200. The van der Waals surface area contributed by atoms with Crippen molar-refractivity contribution in [1.82, 2.24) is 0 Å². The Morgan fingerprint density at radius 2 is 1.75 bits per heavy atom. The van der Waals surface area contributed by atoms with Crippen LogP contribution in [-0.2, 0) is 10.7 Å².